The van der Waals surface area contributed by atoms with Crippen molar-refractivity contribution in [3.63, 3.8) is 0 Å². The molecule has 0 spiro atoms. The zero-order chi connectivity index (χ0) is 9.14. The molecule has 1 aromatic carbocycles. The van der Waals surface area contributed by atoms with Crippen LogP contribution >= 0.6 is 31.9 Å². The third kappa shape index (κ3) is 2.49. The van der Waals surface area contributed by atoms with Gasteiger partial charge in [-0.3, -0.25) is 0 Å². The summed E-state index contributed by atoms with van der Waals surface area (Å²) in [6, 6.07) is 5.88. The summed E-state index contributed by atoms with van der Waals surface area (Å²) in [5, 5.41) is 0. The molecule has 1 aromatic rings. The number of halogens is 2. The van der Waals surface area contributed by atoms with Crippen LogP contribution in [-0.2, 0) is 0 Å². The van der Waals surface area contributed by atoms with Crippen LogP contribution in [0.25, 0.3) is 0 Å². The summed E-state index contributed by atoms with van der Waals surface area (Å²) >= 11 is 6.84. The number of rotatable bonds is 2. The van der Waals surface area contributed by atoms with E-state index in [9.17, 15) is 0 Å². The fourth-order valence-corrected chi connectivity index (χ4v) is 2.02. The van der Waals surface area contributed by atoms with Crippen LogP contribution in [-0.4, -0.2) is 6.10 Å². The van der Waals surface area contributed by atoms with E-state index in [1.807, 2.05) is 32.0 Å². The molecule has 0 bridgehead atoms. The molecule has 1 rings (SSSR count). The van der Waals surface area contributed by atoms with Crippen LogP contribution in [0.15, 0.2) is 27.1 Å². The van der Waals surface area contributed by atoms with Crippen LogP contribution in [0.1, 0.15) is 13.8 Å². The number of benzene rings is 1. The fourth-order valence-electron chi connectivity index (χ4n) is 0.831. The van der Waals surface area contributed by atoms with E-state index in [0.29, 0.717) is 0 Å². The highest BCUT2D eigenvalue weighted by Gasteiger charge is 2.06. The third-order valence-electron chi connectivity index (χ3n) is 1.27. The maximum atomic E-state index is 5.58. The maximum absolute atomic E-state index is 5.58. The minimum Gasteiger partial charge on any atom is -0.489 e. The van der Waals surface area contributed by atoms with E-state index in [2.05, 4.69) is 31.9 Å². The predicted molar refractivity (Wildman–Crippen MR) is 57.6 cm³/mol. The Morgan fingerprint density at radius 2 is 1.67 bits per heavy atom. The van der Waals surface area contributed by atoms with Crippen molar-refractivity contribution in [2.45, 2.75) is 20.0 Å². The number of hydrogen-bond donors (Lipinski definition) is 0. The molecule has 0 fully saturated rings. The van der Waals surface area contributed by atoms with Gasteiger partial charge in [0.2, 0.25) is 0 Å². The van der Waals surface area contributed by atoms with Crippen molar-refractivity contribution in [3.05, 3.63) is 27.1 Å². The van der Waals surface area contributed by atoms with Gasteiger partial charge in [-0.1, -0.05) is 6.07 Å². The van der Waals surface area contributed by atoms with Crippen LogP contribution in [0.5, 0.6) is 5.75 Å². The van der Waals surface area contributed by atoms with Crippen molar-refractivity contribution < 1.29 is 4.74 Å². The molecule has 1 nitrogen and oxygen atoms in total. The average Bonchev–Trinajstić information content (AvgIpc) is 1.97. The van der Waals surface area contributed by atoms with Gasteiger partial charge in [0.15, 0.2) is 0 Å². The molecule has 0 unspecified atom stereocenters. The monoisotopic (exact) mass is 292 g/mol. The van der Waals surface area contributed by atoms with Gasteiger partial charge in [0.25, 0.3) is 0 Å². The van der Waals surface area contributed by atoms with Gasteiger partial charge in [-0.05, 0) is 57.8 Å². The lowest BCUT2D eigenvalue weighted by Gasteiger charge is -2.12. The summed E-state index contributed by atoms with van der Waals surface area (Å²) in [7, 11) is 0. The van der Waals surface area contributed by atoms with E-state index in [1.165, 1.54) is 0 Å². The Hall–Kier alpha value is -0.0200. The normalized spacial score (nSPS) is 10.4. The van der Waals surface area contributed by atoms with Gasteiger partial charge < -0.3 is 4.74 Å². The van der Waals surface area contributed by atoms with Crippen LogP contribution in [0, 0.1) is 0 Å². The lowest BCUT2D eigenvalue weighted by atomic mass is 10.3. The fraction of sp³-hybridized carbons (Fsp3) is 0.333. The van der Waals surface area contributed by atoms with Crippen molar-refractivity contribution in [2.24, 2.45) is 0 Å². The first-order valence-electron chi connectivity index (χ1n) is 3.72. The van der Waals surface area contributed by atoms with Crippen LogP contribution in [0.3, 0.4) is 0 Å². The van der Waals surface area contributed by atoms with E-state index in [0.717, 1.165) is 14.7 Å². The lowest BCUT2D eigenvalue weighted by molar-refractivity contribution is 0.239. The molecule has 0 radical (unpaired) electrons. The highest BCUT2D eigenvalue weighted by atomic mass is 79.9. The molecular weight excluding hydrogens is 284 g/mol. The van der Waals surface area contributed by atoms with Gasteiger partial charge in [-0.2, -0.15) is 0 Å². The molecule has 0 saturated carbocycles. The minimum atomic E-state index is 0.194. The van der Waals surface area contributed by atoms with Gasteiger partial charge in [0.05, 0.1) is 15.0 Å². The molecule has 0 aliphatic rings. The van der Waals surface area contributed by atoms with E-state index >= 15 is 0 Å². The van der Waals surface area contributed by atoms with Gasteiger partial charge in [0.1, 0.15) is 5.75 Å². The molecule has 12 heavy (non-hydrogen) atoms. The molecule has 66 valence electrons. The zero-order valence-electron chi connectivity index (χ0n) is 6.97. The van der Waals surface area contributed by atoms with Crippen LogP contribution in [0.2, 0.25) is 0 Å². The smallest absolute Gasteiger partial charge is 0.148 e. The standard InChI is InChI=1S/C9H10Br2O/c1-6(2)12-9-7(10)4-3-5-8(9)11/h3-6H,1-2H3. The third-order valence-corrected chi connectivity index (χ3v) is 2.52. The number of hydrogen-bond acceptors (Lipinski definition) is 1. The zero-order valence-corrected chi connectivity index (χ0v) is 10.1. The Balaban J connectivity index is 2.96. The van der Waals surface area contributed by atoms with E-state index < -0.39 is 0 Å². The molecular formula is C9H10Br2O. The summed E-state index contributed by atoms with van der Waals surface area (Å²) < 4.78 is 7.54. The molecule has 3 heteroatoms. The minimum absolute atomic E-state index is 0.194. The Bertz CT molecular complexity index is 251. The Kier molecular flexibility index (Phi) is 3.59. The molecule has 0 heterocycles. The summed E-state index contributed by atoms with van der Waals surface area (Å²) in [5.74, 6) is 0.868. The summed E-state index contributed by atoms with van der Waals surface area (Å²) in [4.78, 5) is 0. The van der Waals surface area contributed by atoms with Crippen molar-refractivity contribution in [1.82, 2.24) is 0 Å². The van der Waals surface area contributed by atoms with Gasteiger partial charge in [0, 0.05) is 0 Å². The first-order valence-corrected chi connectivity index (χ1v) is 5.30. The van der Waals surface area contributed by atoms with Crippen molar-refractivity contribution in [3.8, 4) is 5.75 Å². The first-order chi connectivity index (χ1) is 5.61. The molecule has 0 aliphatic carbocycles. The van der Waals surface area contributed by atoms with Crippen LogP contribution in [0.4, 0.5) is 0 Å². The number of ether oxygens (including phenoxy) is 1. The Morgan fingerprint density at radius 1 is 1.17 bits per heavy atom. The SMILES string of the molecule is CC(C)Oc1c(Br)cccc1Br. The lowest BCUT2D eigenvalue weighted by Crippen LogP contribution is -2.06. The topological polar surface area (TPSA) is 9.23 Å². The quantitative estimate of drug-likeness (QED) is 0.801. The van der Waals surface area contributed by atoms with Crippen molar-refractivity contribution >= 4 is 31.9 Å². The summed E-state index contributed by atoms with van der Waals surface area (Å²) in [6.45, 7) is 4.01. The van der Waals surface area contributed by atoms with Gasteiger partial charge in [-0.25, -0.2) is 0 Å². The van der Waals surface area contributed by atoms with Crippen molar-refractivity contribution in [2.75, 3.05) is 0 Å². The highest BCUT2D eigenvalue weighted by Crippen LogP contribution is 2.33. The summed E-state index contributed by atoms with van der Waals surface area (Å²) in [6.07, 6.45) is 0.194. The Morgan fingerprint density at radius 3 is 2.08 bits per heavy atom. The highest BCUT2D eigenvalue weighted by molar-refractivity contribution is 9.11. The Labute approximate surface area is 89.4 Å². The first kappa shape index (κ1) is 10.1. The van der Waals surface area contributed by atoms with Gasteiger partial charge >= 0.3 is 0 Å². The van der Waals surface area contributed by atoms with E-state index in [4.69, 9.17) is 4.74 Å². The predicted octanol–water partition coefficient (Wildman–Crippen LogP) is 4.00. The largest absolute Gasteiger partial charge is 0.489 e. The molecule has 0 saturated heterocycles. The van der Waals surface area contributed by atoms with Crippen molar-refractivity contribution in [1.29, 1.82) is 0 Å². The average molecular weight is 294 g/mol. The molecule has 0 aliphatic heterocycles. The second kappa shape index (κ2) is 4.28. The molecule has 0 amide bonds. The number of para-hydroxylation sites is 1. The second-order valence-electron chi connectivity index (χ2n) is 2.72. The second-order valence-corrected chi connectivity index (χ2v) is 4.43. The van der Waals surface area contributed by atoms with E-state index in [1.54, 1.807) is 0 Å². The molecule has 0 N–H and O–H groups in total. The van der Waals surface area contributed by atoms with E-state index in [-0.39, 0.29) is 6.10 Å². The summed E-state index contributed by atoms with van der Waals surface area (Å²) in [5.41, 5.74) is 0. The molecule has 0 atom stereocenters. The van der Waals surface area contributed by atoms with Gasteiger partial charge in [-0.15, -0.1) is 0 Å². The van der Waals surface area contributed by atoms with Crippen LogP contribution < -0.4 is 4.74 Å². The molecule has 0 aromatic heterocycles. The maximum Gasteiger partial charge on any atom is 0.148 e.